The largest absolute Gasteiger partial charge is 0.106 e. The summed E-state index contributed by atoms with van der Waals surface area (Å²) in [5.74, 6) is 0. The molecule has 0 N–H and O–H groups in total. The Morgan fingerprint density at radius 1 is 0.933 bits per heavy atom. The van der Waals surface area contributed by atoms with Gasteiger partial charge < -0.3 is 0 Å². The molecule has 0 aliphatic carbocycles. The molecule has 1 atom stereocenters. The Hall–Kier alpha value is -0.870. The van der Waals surface area contributed by atoms with Crippen LogP contribution in [0.1, 0.15) is 18.1 Å². The van der Waals surface area contributed by atoms with Crippen molar-refractivity contribution in [3.8, 4) is 0 Å². The summed E-state index contributed by atoms with van der Waals surface area (Å²) in [6.45, 7) is 7.04. The van der Waals surface area contributed by atoms with E-state index in [1.165, 1.54) is 16.3 Å². The standard InChI is InChI=1S/C14H17P/c1-11(15(2)3)13-10-6-8-12-7-4-5-9-14(12)13/h4-11H,1-3H3. The van der Waals surface area contributed by atoms with Gasteiger partial charge in [-0.25, -0.2) is 0 Å². The molecule has 0 spiro atoms. The van der Waals surface area contributed by atoms with Crippen LogP contribution in [0.25, 0.3) is 10.8 Å². The molecule has 0 heterocycles. The third-order valence-electron chi connectivity index (χ3n) is 3.05. The Morgan fingerprint density at radius 2 is 1.60 bits per heavy atom. The molecule has 0 saturated heterocycles. The third kappa shape index (κ3) is 2.06. The van der Waals surface area contributed by atoms with Gasteiger partial charge in [0.1, 0.15) is 0 Å². The van der Waals surface area contributed by atoms with Gasteiger partial charge in [0, 0.05) is 5.66 Å². The second-order valence-electron chi connectivity index (χ2n) is 4.21. The second kappa shape index (κ2) is 4.33. The molecule has 0 saturated carbocycles. The number of fused-ring (bicyclic) bond motifs is 1. The summed E-state index contributed by atoms with van der Waals surface area (Å²) in [5, 5.41) is 2.78. The lowest BCUT2D eigenvalue weighted by molar-refractivity contribution is 1.10. The fourth-order valence-electron chi connectivity index (χ4n) is 1.89. The summed E-state index contributed by atoms with van der Waals surface area (Å²) in [7, 11) is 0.0888. The van der Waals surface area contributed by atoms with Crippen LogP contribution in [-0.4, -0.2) is 13.3 Å². The lowest BCUT2D eigenvalue weighted by atomic mass is 10.0. The van der Waals surface area contributed by atoms with Crippen LogP contribution < -0.4 is 0 Å². The minimum absolute atomic E-state index is 0.0888. The van der Waals surface area contributed by atoms with Gasteiger partial charge in [0.05, 0.1) is 0 Å². The summed E-state index contributed by atoms with van der Waals surface area (Å²) < 4.78 is 0. The molecule has 0 bridgehead atoms. The van der Waals surface area contributed by atoms with Gasteiger partial charge >= 0.3 is 0 Å². The molecule has 0 aliphatic rings. The minimum Gasteiger partial charge on any atom is -0.106 e. The molecule has 1 heteroatoms. The van der Waals surface area contributed by atoms with Crippen molar-refractivity contribution in [1.29, 1.82) is 0 Å². The average molecular weight is 216 g/mol. The zero-order valence-electron chi connectivity index (χ0n) is 9.57. The van der Waals surface area contributed by atoms with Crippen LogP contribution in [0.2, 0.25) is 0 Å². The van der Waals surface area contributed by atoms with E-state index in [-0.39, 0.29) is 7.92 Å². The second-order valence-corrected chi connectivity index (χ2v) is 6.91. The maximum atomic E-state index is 2.35. The SMILES string of the molecule is CC(c1cccc2ccccc12)P(C)C. The number of benzene rings is 2. The normalized spacial score (nSPS) is 13.3. The van der Waals surface area contributed by atoms with E-state index in [9.17, 15) is 0 Å². The van der Waals surface area contributed by atoms with Crippen LogP contribution in [0, 0.1) is 0 Å². The first-order valence-electron chi connectivity index (χ1n) is 5.34. The summed E-state index contributed by atoms with van der Waals surface area (Å²) in [5.41, 5.74) is 2.19. The van der Waals surface area contributed by atoms with E-state index in [0.29, 0.717) is 5.66 Å². The highest BCUT2D eigenvalue weighted by Gasteiger charge is 2.11. The minimum atomic E-state index is 0.0888. The molecule has 2 rings (SSSR count). The topological polar surface area (TPSA) is 0 Å². The maximum absolute atomic E-state index is 2.35. The van der Waals surface area contributed by atoms with Gasteiger partial charge in [-0.05, 0) is 29.7 Å². The lowest BCUT2D eigenvalue weighted by Gasteiger charge is -2.18. The van der Waals surface area contributed by atoms with Gasteiger partial charge in [-0.3, -0.25) is 0 Å². The van der Waals surface area contributed by atoms with Crippen molar-refractivity contribution < 1.29 is 0 Å². The van der Waals surface area contributed by atoms with Crippen LogP contribution in [0.5, 0.6) is 0 Å². The van der Waals surface area contributed by atoms with Crippen molar-refractivity contribution in [3.05, 3.63) is 48.0 Å². The van der Waals surface area contributed by atoms with Gasteiger partial charge in [0.15, 0.2) is 0 Å². The van der Waals surface area contributed by atoms with Crippen molar-refractivity contribution >= 4 is 18.7 Å². The van der Waals surface area contributed by atoms with Crippen molar-refractivity contribution in [2.24, 2.45) is 0 Å². The van der Waals surface area contributed by atoms with Crippen molar-refractivity contribution in [2.75, 3.05) is 13.3 Å². The molecule has 0 amide bonds. The van der Waals surface area contributed by atoms with Gasteiger partial charge in [-0.1, -0.05) is 49.4 Å². The number of hydrogen-bond donors (Lipinski definition) is 0. The Kier molecular flexibility index (Phi) is 3.07. The van der Waals surface area contributed by atoms with E-state index in [0.717, 1.165) is 0 Å². The third-order valence-corrected chi connectivity index (χ3v) is 4.88. The highest BCUT2D eigenvalue weighted by molar-refractivity contribution is 7.56. The van der Waals surface area contributed by atoms with Gasteiger partial charge in [-0.2, -0.15) is 0 Å². The smallest absolute Gasteiger partial charge is 0.00146 e. The molecule has 0 fully saturated rings. The highest BCUT2D eigenvalue weighted by atomic mass is 31.1. The molecule has 0 aromatic heterocycles. The summed E-state index contributed by atoms with van der Waals surface area (Å²) in [6.07, 6.45) is 0. The molecule has 0 aliphatic heterocycles. The Balaban J connectivity index is 2.60. The van der Waals surface area contributed by atoms with Crippen molar-refractivity contribution in [1.82, 2.24) is 0 Å². The molecule has 2 aromatic rings. The van der Waals surface area contributed by atoms with Crippen LogP contribution in [0.3, 0.4) is 0 Å². The summed E-state index contributed by atoms with van der Waals surface area (Å²) in [4.78, 5) is 0. The first-order chi connectivity index (χ1) is 7.20. The molecular formula is C14H17P. The quantitative estimate of drug-likeness (QED) is 0.641. The van der Waals surface area contributed by atoms with Crippen LogP contribution in [0.4, 0.5) is 0 Å². The molecular weight excluding hydrogens is 199 g/mol. The van der Waals surface area contributed by atoms with Gasteiger partial charge in [-0.15, -0.1) is 7.92 Å². The lowest BCUT2D eigenvalue weighted by Crippen LogP contribution is -1.91. The first kappa shape index (κ1) is 10.6. The predicted molar refractivity (Wildman–Crippen MR) is 71.1 cm³/mol. The summed E-state index contributed by atoms with van der Waals surface area (Å²) in [6, 6.07) is 15.3. The van der Waals surface area contributed by atoms with E-state index >= 15 is 0 Å². The fourth-order valence-corrected chi connectivity index (χ4v) is 2.67. The zero-order chi connectivity index (χ0) is 10.8. The number of rotatable bonds is 2. The van der Waals surface area contributed by atoms with Crippen LogP contribution in [0.15, 0.2) is 42.5 Å². The van der Waals surface area contributed by atoms with Crippen molar-refractivity contribution in [2.45, 2.75) is 12.6 Å². The van der Waals surface area contributed by atoms with Gasteiger partial charge in [0.25, 0.3) is 0 Å². The molecule has 2 aromatic carbocycles. The maximum Gasteiger partial charge on any atom is 0.00146 e. The molecule has 15 heavy (non-hydrogen) atoms. The van der Waals surface area contributed by atoms with E-state index in [1.807, 2.05) is 0 Å². The van der Waals surface area contributed by atoms with Crippen LogP contribution >= 0.6 is 7.92 Å². The molecule has 0 radical (unpaired) electrons. The Morgan fingerprint density at radius 3 is 2.33 bits per heavy atom. The Labute approximate surface area is 93.1 Å². The fraction of sp³-hybridized carbons (Fsp3) is 0.286. The highest BCUT2D eigenvalue weighted by Crippen LogP contribution is 2.46. The van der Waals surface area contributed by atoms with Crippen LogP contribution in [-0.2, 0) is 0 Å². The van der Waals surface area contributed by atoms with Crippen molar-refractivity contribution in [3.63, 3.8) is 0 Å². The Bertz CT molecular complexity index is 454. The monoisotopic (exact) mass is 216 g/mol. The molecule has 0 nitrogen and oxygen atoms in total. The average Bonchev–Trinajstić information content (AvgIpc) is 2.27. The predicted octanol–water partition coefficient (Wildman–Crippen LogP) is 4.64. The molecule has 78 valence electrons. The van der Waals surface area contributed by atoms with E-state index in [1.54, 1.807) is 0 Å². The summed E-state index contributed by atoms with van der Waals surface area (Å²) >= 11 is 0. The van der Waals surface area contributed by atoms with Gasteiger partial charge in [0.2, 0.25) is 0 Å². The van der Waals surface area contributed by atoms with E-state index in [4.69, 9.17) is 0 Å². The zero-order valence-corrected chi connectivity index (χ0v) is 10.5. The number of hydrogen-bond acceptors (Lipinski definition) is 0. The molecule has 1 unspecified atom stereocenters. The first-order valence-corrected chi connectivity index (χ1v) is 7.65. The van der Waals surface area contributed by atoms with E-state index < -0.39 is 0 Å². The van der Waals surface area contributed by atoms with E-state index in [2.05, 4.69) is 62.7 Å².